The lowest BCUT2D eigenvalue weighted by atomic mass is 9.95. The number of nitrogens with zero attached hydrogens (tertiary/aromatic N) is 3. The molecule has 3 heterocycles. The molecule has 2 fully saturated rings. The largest absolute Gasteiger partial charge is 0.496 e. The van der Waals surface area contributed by atoms with Crippen LogP contribution < -0.4 is 20.5 Å². The van der Waals surface area contributed by atoms with E-state index in [0.717, 1.165) is 29.3 Å². The van der Waals surface area contributed by atoms with E-state index in [9.17, 15) is 9.59 Å². The number of methoxy groups -OCH3 is 1. The van der Waals surface area contributed by atoms with Crippen molar-refractivity contribution in [3.8, 4) is 11.5 Å². The molecule has 190 valence electrons. The number of pyridine rings is 1. The topological polar surface area (TPSA) is 139 Å². The molecule has 37 heavy (non-hydrogen) atoms. The highest BCUT2D eigenvalue weighted by Gasteiger charge is 2.43. The lowest BCUT2D eigenvalue weighted by Crippen LogP contribution is -2.61. The second kappa shape index (κ2) is 8.65. The van der Waals surface area contributed by atoms with Crippen LogP contribution >= 0.6 is 0 Å². The number of likely N-dealkylation sites (tertiary alicyclic amines) is 1. The maximum Gasteiger partial charge on any atom is 0.258 e. The molecule has 4 N–H and O–H groups in total. The SMILES string of the molecule is COc1cc(C(=O)N2CCC3(CC2)NC(=O)c2cc(C(N)=NO)ccc2O3)cc2c(C3CC3)nccc12. The predicted molar refractivity (Wildman–Crippen MR) is 135 cm³/mol. The summed E-state index contributed by atoms with van der Waals surface area (Å²) in [4.78, 5) is 32.8. The molecule has 1 spiro atoms. The molecule has 2 aliphatic heterocycles. The monoisotopic (exact) mass is 501 g/mol. The van der Waals surface area contributed by atoms with Gasteiger partial charge in [-0.1, -0.05) is 5.16 Å². The molecule has 2 amide bonds. The molecule has 0 radical (unpaired) electrons. The average Bonchev–Trinajstić information content (AvgIpc) is 3.77. The smallest absolute Gasteiger partial charge is 0.258 e. The molecule has 0 bridgehead atoms. The van der Waals surface area contributed by atoms with Crippen LogP contribution in [0.2, 0.25) is 0 Å². The van der Waals surface area contributed by atoms with Gasteiger partial charge in [-0.05, 0) is 49.2 Å². The van der Waals surface area contributed by atoms with Crippen molar-refractivity contribution < 1.29 is 24.3 Å². The lowest BCUT2D eigenvalue weighted by Gasteiger charge is -2.44. The van der Waals surface area contributed by atoms with Gasteiger partial charge in [-0.3, -0.25) is 14.6 Å². The fourth-order valence-electron chi connectivity index (χ4n) is 5.25. The van der Waals surface area contributed by atoms with Gasteiger partial charge in [0.1, 0.15) is 11.5 Å². The first kappa shape index (κ1) is 23.1. The van der Waals surface area contributed by atoms with E-state index in [0.29, 0.717) is 60.0 Å². The zero-order chi connectivity index (χ0) is 25.7. The summed E-state index contributed by atoms with van der Waals surface area (Å²) in [6.45, 7) is 0.832. The molecule has 10 nitrogen and oxygen atoms in total. The lowest BCUT2D eigenvalue weighted by molar-refractivity contribution is -0.0245. The maximum absolute atomic E-state index is 13.6. The minimum atomic E-state index is -0.900. The van der Waals surface area contributed by atoms with Gasteiger partial charge in [0, 0.05) is 59.9 Å². The number of aromatic nitrogens is 1. The first-order chi connectivity index (χ1) is 17.9. The Balaban J connectivity index is 1.22. The standard InChI is InChI=1S/C27H27N5O5/c1-36-22-14-17(13-19-18(22)6-9-29-23(19)15-2-3-15)26(34)32-10-7-27(8-11-32)30-25(33)20-12-16(24(28)31-35)4-5-21(20)37-27/h4-6,9,12-15,35H,2-3,7-8,10-11H2,1H3,(H2,28,31)(H,30,33). The van der Waals surface area contributed by atoms with Gasteiger partial charge in [0.15, 0.2) is 11.6 Å². The number of fused-ring (bicyclic) bond motifs is 2. The normalized spacial score (nSPS) is 18.8. The second-order valence-corrected chi connectivity index (χ2v) is 9.78. The van der Waals surface area contributed by atoms with Crippen molar-refractivity contribution in [2.45, 2.75) is 37.3 Å². The second-order valence-electron chi connectivity index (χ2n) is 9.78. The number of ether oxygens (including phenoxy) is 2. The maximum atomic E-state index is 13.6. The van der Waals surface area contributed by atoms with Crippen LogP contribution in [0, 0.1) is 0 Å². The first-order valence-corrected chi connectivity index (χ1v) is 12.3. The zero-order valence-electron chi connectivity index (χ0n) is 20.4. The number of oxime groups is 1. The molecular formula is C27H27N5O5. The number of carbonyl (C=O) groups is 2. The predicted octanol–water partition coefficient (Wildman–Crippen LogP) is 2.97. The number of nitrogens with two attached hydrogens (primary N) is 1. The Morgan fingerprint density at radius 2 is 1.97 bits per heavy atom. The van der Waals surface area contributed by atoms with Crippen LogP contribution in [0.1, 0.15) is 63.6 Å². The van der Waals surface area contributed by atoms with Crippen LogP contribution in [-0.2, 0) is 0 Å². The third kappa shape index (κ3) is 3.98. The van der Waals surface area contributed by atoms with Crippen molar-refractivity contribution >= 4 is 28.4 Å². The van der Waals surface area contributed by atoms with Gasteiger partial charge in [0.25, 0.3) is 11.8 Å². The number of rotatable bonds is 4. The van der Waals surface area contributed by atoms with Crippen molar-refractivity contribution in [3.63, 3.8) is 0 Å². The van der Waals surface area contributed by atoms with Crippen LogP contribution in [-0.4, -0.2) is 58.7 Å². The quantitative estimate of drug-likeness (QED) is 0.216. The van der Waals surface area contributed by atoms with E-state index in [1.807, 2.05) is 12.1 Å². The van der Waals surface area contributed by atoms with Crippen molar-refractivity contribution in [2.24, 2.45) is 10.9 Å². The summed E-state index contributed by atoms with van der Waals surface area (Å²) in [5.41, 5.74) is 7.07. The van der Waals surface area contributed by atoms with Gasteiger partial charge in [0.2, 0.25) is 0 Å². The molecule has 1 saturated heterocycles. The van der Waals surface area contributed by atoms with E-state index in [1.165, 1.54) is 6.07 Å². The molecule has 0 unspecified atom stereocenters. The van der Waals surface area contributed by atoms with Crippen LogP contribution in [0.15, 0.2) is 47.8 Å². The number of nitrogens with one attached hydrogen (secondary N) is 1. The minimum Gasteiger partial charge on any atom is -0.496 e. The molecule has 10 heteroatoms. The third-order valence-corrected chi connectivity index (χ3v) is 7.44. The molecule has 3 aromatic rings. The Bertz CT molecular complexity index is 1460. The average molecular weight is 502 g/mol. The summed E-state index contributed by atoms with van der Waals surface area (Å²) < 4.78 is 11.9. The summed E-state index contributed by atoms with van der Waals surface area (Å²) in [6.07, 6.45) is 4.90. The van der Waals surface area contributed by atoms with Gasteiger partial charge in [0.05, 0.1) is 18.4 Å². The van der Waals surface area contributed by atoms with E-state index in [4.69, 9.17) is 20.4 Å². The highest BCUT2D eigenvalue weighted by Crippen LogP contribution is 2.43. The van der Waals surface area contributed by atoms with Gasteiger partial charge in [-0.25, -0.2) is 0 Å². The van der Waals surface area contributed by atoms with Gasteiger partial charge in [-0.2, -0.15) is 0 Å². The molecule has 2 aromatic carbocycles. The number of amides is 2. The van der Waals surface area contributed by atoms with Crippen LogP contribution in [0.25, 0.3) is 10.8 Å². The molecule has 1 aliphatic carbocycles. The molecule has 1 saturated carbocycles. The van der Waals surface area contributed by atoms with Gasteiger partial charge < -0.3 is 30.6 Å². The number of benzene rings is 2. The van der Waals surface area contributed by atoms with E-state index >= 15 is 0 Å². The highest BCUT2D eigenvalue weighted by molar-refractivity contribution is 6.04. The van der Waals surface area contributed by atoms with Crippen molar-refractivity contribution in [1.82, 2.24) is 15.2 Å². The molecule has 0 atom stereocenters. The minimum absolute atomic E-state index is 0.0898. The van der Waals surface area contributed by atoms with Crippen molar-refractivity contribution in [2.75, 3.05) is 20.2 Å². The molecular weight excluding hydrogens is 474 g/mol. The van der Waals surface area contributed by atoms with Crippen molar-refractivity contribution in [1.29, 1.82) is 0 Å². The Kier molecular flexibility index (Phi) is 5.40. The Morgan fingerprint density at radius 3 is 2.68 bits per heavy atom. The summed E-state index contributed by atoms with van der Waals surface area (Å²) in [5, 5.41) is 16.8. The Morgan fingerprint density at radius 1 is 1.19 bits per heavy atom. The van der Waals surface area contributed by atoms with E-state index in [1.54, 1.807) is 36.4 Å². The van der Waals surface area contributed by atoms with E-state index < -0.39 is 5.72 Å². The fraction of sp³-hybridized carbons (Fsp3) is 0.333. The Hall–Kier alpha value is -4.34. The van der Waals surface area contributed by atoms with E-state index in [-0.39, 0.29) is 17.6 Å². The van der Waals surface area contributed by atoms with Crippen molar-refractivity contribution in [3.05, 3.63) is 65.0 Å². The Labute approximate surface area is 213 Å². The summed E-state index contributed by atoms with van der Waals surface area (Å²) in [6, 6.07) is 10.5. The summed E-state index contributed by atoms with van der Waals surface area (Å²) >= 11 is 0. The molecule has 6 rings (SSSR count). The van der Waals surface area contributed by atoms with Crippen LogP contribution in [0.5, 0.6) is 11.5 Å². The third-order valence-electron chi connectivity index (χ3n) is 7.44. The number of hydrogen-bond acceptors (Lipinski definition) is 7. The summed E-state index contributed by atoms with van der Waals surface area (Å²) in [5.74, 6) is 1.04. The molecule has 3 aliphatic rings. The molecule has 1 aromatic heterocycles. The fourth-order valence-corrected chi connectivity index (χ4v) is 5.25. The first-order valence-electron chi connectivity index (χ1n) is 12.3. The van der Waals surface area contributed by atoms with Crippen LogP contribution in [0.3, 0.4) is 0 Å². The number of hydrogen-bond donors (Lipinski definition) is 3. The number of carbonyl (C=O) groups excluding carboxylic acids is 2. The highest BCUT2D eigenvalue weighted by atomic mass is 16.5. The van der Waals surface area contributed by atoms with E-state index in [2.05, 4.69) is 15.5 Å². The summed E-state index contributed by atoms with van der Waals surface area (Å²) in [7, 11) is 1.61. The number of piperidine rings is 1. The van der Waals surface area contributed by atoms with Crippen LogP contribution in [0.4, 0.5) is 0 Å². The zero-order valence-corrected chi connectivity index (χ0v) is 20.4. The van der Waals surface area contributed by atoms with Gasteiger partial charge >= 0.3 is 0 Å². The number of amidine groups is 1. The van der Waals surface area contributed by atoms with Gasteiger partial charge in [-0.15, -0.1) is 0 Å².